The molecule has 0 radical (unpaired) electrons. The van der Waals surface area contributed by atoms with Crippen LogP contribution in [0.5, 0.6) is 0 Å². The van der Waals surface area contributed by atoms with Crippen LogP contribution in [0.4, 0.5) is 0 Å². The molecule has 0 aliphatic rings. The molecule has 68 valence electrons. The largest absolute Gasteiger partial charge is 0.327 e. The Hall–Kier alpha value is -0.0800. The molecule has 0 amide bonds. The Morgan fingerprint density at radius 1 is 1.27 bits per heavy atom. The van der Waals surface area contributed by atoms with E-state index in [9.17, 15) is 0 Å². The lowest BCUT2D eigenvalue weighted by Crippen LogP contribution is -2.32. The summed E-state index contributed by atoms with van der Waals surface area (Å²) in [4.78, 5) is 2.15. The van der Waals surface area contributed by atoms with E-state index in [1.54, 1.807) is 0 Å². The van der Waals surface area contributed by atoms with E-state index in [1.165, 1.54) is 25.7 Å². The van der Waals surface area contributed by atoms with Crippen LogP contribution in [-0.4, -0.2) is 31.6 Å². The van der Waals surface area contributed by atoms with Gasteiger partial charge in [0.1, 0.15) is 0 Å². The predicted molar refractivity (Wildman–Crippen MR) is 50.7 cm³/mol. The van der Waals surface area contributed by atoms with Crippen molar-refractivity contribution in [1.82, 2.24) is 4.90 Å². The Kier molecular flexibility index (Phi) is 6.57. The topological polar surface area (TPSA) is 29.3 Å². The first kappa shape index (κ1) is 10.9. The van der Waals surface area contributed by atoms with Crippen LogP contribution in [0.2, 0.25) is 0 Å². The highest BCUT2D eigenvalue weighted by Gasteiger charge is 2.02. The SMILES string of the molecule is CCCCCC(N)CN(C)C. The first-order chi connectivity index (χ1) is 5.16. The Labute approximate surface area is 70.8 Å². The van der Waals surface area contributed by atoms with Gasteiger partial charge in [0.05, 0.1) is 0 Å². The average molecular weight is 158 g/mol. The van der Waals surface area contributed by atoms with Crippen LogP contribution in [0.25, 0.3) is 0 Å². The fourth-order valence-corrected chi connectivity index (χ4v) is 1.22. The van der Waals surface area contributed by atoms with Gasteiger partial charge in [-0.3, -0.25) is 0 Å². The predicted octanol–water partition coefficient (Wildman–Crippen LogP) is 1.46. The van der Waals surface area contributed by atoms with Gasteiger partial charge in [-0.05, 0) is 20.5 Å². The third kappa shape index (κ3) is 7.82. The molecule has 0 bridgehead atoms. The minimum Gasteiger partial charge on any atom is -0.327 e. The molecule has 0 saturated carbocycles. The molecule has 0 fully saturated rings. The summed E-state index contributed by atoms with van der Waals surface area (Å²) in [6.45, 7) is 3.24. The standard InChI is InChI=1S/C9H22N2/c1-4-5-6-7-9(10)8-11(2)3/h9H,4-8,10H2,1-3H3. The van der Waals surface area contributed by atoms with Gasteiger partial charge in [0, 0.05) is 12.6 Å². The normalized spacial score (nSPS) is 13.9. The Balaban J connectivity index is 3.15. The van der Waals surface area contributed by atoms with E-state index >= 15 is 0 Å². The van der Waals surface area contributed by atoms with E-state index in [2.05, 4.69) is 25.9 Å². The first-order valence-electron chi connectivity index (χ1n) is 4.57. The smallest absolute Gasteiger partial charge is 0.0167 e. The fraction of sp³-hybridized carbons (Fsp3) is 1.00. The van der Waals surface area contributed by atoms with Crippen molar-refractivity contribution in [3.63, 3.8) is 0 Å². The van der Waals surface area contributed by atoms with Gasteiger partial charge in [-0.25, -0.2) is 0 Å². The van der Waals surface area contributed by atoms with Crippen molar-refractivity contribution in [1.29, 1.82) is 0 Å². The van der Waals surface area contributed by atoms with Crippen molar-refractivity contribution in [2.24, 2.45) is 5.73 Å². The lowest BCUT2D eigenvalue weighted by atomic mass is 10.1. The quantitative estimate of drug-likeness (QED) is 0.593. The molecule has 0 rings (SSSR count). The number of hydrogen-bond donors (Lipinski definition) is 1. The van der Waals surface area contributed by atoms with Gasteiger partial charge in [-0.1, -0.05) is 26.2 Å². The first-order valence-corrected chi connectivity index (χ1v) is 4.57. The van der Waals surface area contributed by atoms with E-state index < -0.39 is 0 Å². The maximum absolute atomic E-state index is 5.87. The molecule has 0 saturated heterocycles. The maximum atomic E-state index is 5.87. The van der Waals surface area contributed by atoms with E-state index in [1.807, 2.05) is 0 Å². The summed E-state index contributed by atoms with van der Waals surface area (Å²) < 4.78 is 0. The number of nitrogens with zero attached hydrogens (tertiary/aromatic N) is 1. The molecule has 0 aromatic heterocycles. The Bertz CT molecular complexity index is 81.6. The van der Waals surface area contributed by atoms with Crippen LogP contribution in [0.15, 0.2) is 0 Å². The summed E-state index contributed by atoms with van der Waals surface area (Å²) in [5.74, 6) is 0. The maximum Gasteiger partial charge on any atom is 0.0167 e. The molecule has 0 aromatic carbocycles. The molecule has 0 aliphatic heterocycles. The van der Waals surface area contributed by atoms with Gasteiger partial charge in [0.25, 0.3) is 0 Å². The van der Waals surface area contributed by atoms with Crippen molar-refractivity contribution in [3.05, 3.63) is 0 Å². The minimum atomic E-state index is 0.372. The van der Waals surface area contributed by atoms with Crippen molar-refractivity contribution in [2.75, 3.05) is 20.6 Å². The third-order valence-electron chi connectivity index (χ3n) is 1.78. The fourth-order valence-electron chi connectivity index (χ4n) is 1.22. The molecule has 0 spiro atoms. The third-order valence-corrected chi connectivity index (χ3v) is 1.78. The average Bonchev–Trinajstić information content (AvgIpc) is 1.86. The number of unbranched alkanes of at least 4 members (excludes halogenated alkanes) is 2. The second-order valence-corrected chi connectivity index (χ2v) is 3.52. The van der Waals surface area contributed by atoms with E-state index in [4.69, 9.17) is 5.73 Å². The van der Waals surface area contributed by atoms with E-state index in [-0.39, 0.29) is 0 Å². The highest BCUT2D eigenvalue weighted by Crippen LogP contribution is 2.01. The highest BCUT2D eigenvalue weighted by atomic mass is 15.1. The Morgan fingerprint density at radius 2 is 1.91 bits per heavy atom. The number of rotatable bonds is 6. The molecular weight excluding hydrogens is 136 g/mol. The molecular formula is C9H22N2. The molecule has 0 aliphatic carbocycles. The van der Waals surface area contributed by atoms with Crippen molar-refractivity contribution >= 4 is 0 Å². The molecule has 11 heavy (non-hydrogen) atoms. The zero-order valence-corrected chi connectivity index (χ0v) is 8.14. The van der Waals surface area contributed by atoms with Crippen molar-refractivity contribution < 1.29 is 0 Å². The number of likely N-dealkylation sites (N-methyl/N-ethyl adjacent to an activating group) is 1. The van der Waals surface area contributed by atoms with Crippen LogP contribution in [0.1, 0.15) is 32.6 Å². The van der Waals surface area contributed by atoms with Gasteiger partial charge >= 0.3 is 0 Å². The number of nitrogens with two attached hydrogens (primary N) is 1. The number of hydrogen-bond acceptors (Lipinski definition) is 2. The van der Waals surface area contributed by atoms with Crippen molar-refractivity contribution in [3.8, 4) is 0 Å². The molecule has 1 atom stereocenters. The second-order valence-electron chi connectivity index (χ2n) is 3.52. The van der Waals surface area contributed by atoms with Crippen molar-refractivity contribution in [2.45, 2.75) is 38.6 Å². The summed E-state index contributed by atoms with van der Waals surface area (Å²) >= 11 is 0. The van der Waals surface area contributed by atoms with Crippen LogP contribution in [0, 0.1) is 0 Å². The van der Waals surface area contributed by atoms with Gasteiger partial charge in [0.2, 0.25) is 0 Å². The van der Waals surface area contributed by atoms with Crippen LogP contribution >= 0.6 is 0 Å². The lowest BCUT2D eigenvalue weighted by Gasteiger charge is -2.16. The van der Waals surface area contributed by atoms with Gasteiger partial charge in [-0.2, -0.15) is 0 Å². The molecule has 2 N–H and O–H groups in total. The van der Waals surface area contributed by atoms with Gasteiger partial charge in [-0.15, -0.1) is 0 Å². The summed E-state index contributed by atoms with van der Waals surface area (Å²) in [5, 5.41) is 0. The molecule has 0 aromatic rings. The van der Waals surface area contributed by atoms with Gasteiger partial charge < -0.3 is 10.6 Å². The molecule has 0 heterocycles. The molecule has 2 nitrogen and oxygen atoms in total. The monoisotopic (exact) mass is 158 g/mol. The van der Waals surface area contributed by atoms with Crippen LogP contribution in [0.3, 0.4) is 0 Å². The second kappa shape index (κ2) is 6.62. The van der Waals surface area contributed by atoms with E-state index in [0.29, 0.717) is 6.04 Å². The summed E-state index contributed by atoms with van der Waals surface area (Å²) in [5.41, 5.74) is 5.87. The lowest BCUT2D eigenvalue weighted by molar-refractivity contribution is 0.358. The highest BCUT2D eigenvalue weighted by molar-refractivity contribution is 4.63. The zero-order valence-electron chi connectivity index (χ0n) is 8.14. The summed E-state index contributed by atoms with van der Waals surface area (Å²) in [6.07, 6.45) is 5.06. The van der Waals surface area contributed by atoms with Crippen LogP contribution < -0.4 is 5.73 Å². The summed E-state index contributed by atoms with van der Waals surface area (Å²) in [6, 6.07) is 0.372. The molecule has 2 heteroatoms. The minimum absolute atomic E-state index is 0.372. The molecule has 1 unspecified atom stereocenters. The summed E-state index contributed by atoms with van der Waals surface area (Å²) in [7, 11) is 4.14. The zero-order chi connectivity index (χ0) is 8.69. The Morgan fingerprint density at radius 3 is 2.36 bits per heavy atom. The van der Waals surface area contributed by atoms with E-state index in [0.717, 1.165) is 6.54 Å². The van der Waals surface area contributed by atoms with Gasteiger partial charge in [0.15, 0.2) is 0 Å². The van der Waals surface area contributed by atoms with Crippen LogP contribution in [-0.2, 0) is 0 Å².